The summed E-state index contributed by atoms with van der Waals surface area (Å²) in [5.74, 6) is 1.10. The molecule has 7 nitrogen and oxygen atoms in total. The van der Waals surface area contributed by atoms with Crippen molar-refractivity contribution in [1.29, 1.82) is 0 Å². The molecule has 0 saturated carbocycles. The van der Waals surface area contributed by atoms with Crippen LogP contribution in [0.2, 0.25) is 0 Å². The maximum absolute atomic E-state index is 11.7. The molecule has 0 aliphatic rings. The van der Waals surface area contributed by atoms with E-state index in [1.807, 2.05) is 25.1 Å². The lowest BCUT2D eigenvalue weighted by molar-refractivity contribution is -0.123. The van der Waals surface area contributed by atoms with E-state index in [-0.39, 0.29) is 6.54 Å². The third-order valence-corrected chi connectivity index (χ3v) is 3.12. The van der Waals surface area contributed by atoms with Crippen molar-refractivity contribution in [3.63, 3.8) is 0 Å². The lowest BCUT2D eigenvalue weighted by atomic mass is 10.2. The van der Waals surface area contributed by atoms with Crippen LogP contribution in [0.3, 0.4) is 0 Å². The normalized spacial score (nSPS) is 11.0. The summed E-state index contributed by atoms with van der Waals surface area (Å²) in [6.07, 6.45) is 4.33. The molecule has 130 valence electrons. The molecule has 2 aromatic rings. The second-order valence-corrected chi connectivity index (χ2v) is 5.03. The SMILES string of the molecule is COc1ccccc1/C=C/C(=O)NCC(=O)N/N=C\c1ccc(C)o1. The van der Waals surface area contributed by atoms with Crippen LogP contribution in [0.5, 0.6) is 5.75 Å². The second kappa shape index (κ2) is 9.07. The van der Waals surface area contributed by atoms with E-state index in [9.17, 15) is 9.59 Å². The van der Waals surface area contributed by atoms with E-state index in [4.69, 9.17) is 9.15 Å². The average molecular weight is 341 g/mol. The van der Waals surface area contributed by atoms with E-state index in [1.54, 1.807) is 31.4 Å². The van der Waals surface area contributed by atoms with Gasteiger partial charge < -0.3 is 14.5 Å². The Labute approximate surface area is 145 Å². The Kier molecular flexibility index (Phi) is 6.53. The Morgan fingerprint density at radius 2 is 2.04 bits per heavy atom. The van der Waals surface area contributed by atoms with Crippen molar-refractivity contribution < 1.29 is 18.7 Å². The maximum Gasteiger partial charge on any atom is 0.259 e. The molecule has 2 amide bonds. The number of carbonyl (C=O) groups excluding carboxylic acids is 2. The first-order chi connectivity index (χ1) is 12.1. The molecule has 0 saturated heterocycles. The van der Waals surface area contributed by atoms with Crippen LogP contribution in [0, 0.1) is 6.92 Å². The number of methoxy groups -OCH3 is 1. The van der Waals surface area contributed by atoms with E-state index in [2.05, 4.69) is 15.8 Å². The summed E-state index contributed by atoms with van der Waals surface area (Å²) in [4.78, 5) is 23.3. The Morgan fingerprint density at radius 1 is 1.24 bits per heavy atom. The minimum atomic E-state index is -0.446. The Hall–Kier alpha value is -3.35. The van der Waals surface area contributed by atoms with E-state index in [0.717, 1.165) is 11.3 Å². The Balaban J connectivity index is 1.76. The predicted molar refractivity (Wildman–Crippen MR) is 94.2 cm³/mol. The number of aryl methyl sites for hydroxylation is 1. The quantitative estimate of drug-likeness (QED) is 0.457. The third-order valence-electron chi connectivity index (χ3n) is 3.12. The number of furan rings is 1. The molecule has 0 unspecified atom stereocenters. The summed E-state index contributed by atoms with van der Waals surface area (Å²) in [5, 5.41) is 6.21. The minimum Gasteiger partial charge on any atom is -0.496 e. The van der Waals surface area contributed by atoms with Gasteiger partial charge in [0.2, 0.25) is 5.91 Å². The van der Waals surface area contributed by atoms with Crippen LogP contribution in [0.4, 0.5) is 0 Å². The molecule has 1 aromatic carbocycles. The third kappa shape index (κ3) is 5.98. The fourth-order valence-corrected chi connectivity index (χ4v) is 1.93. The molecule has 0 radical (unpaired) electrons. The second-order valence-electron chi connectivity index (χ2n) is 5.03. The highest BCUT2D eigenvalue weighted by molar-refractivity contribution is 5.94. The first kappa shape index (κ1) is 18.0. The largest absolute Gasteiger partial charge is 0.496 e. The number of para-hydroxylation sites is 1. The van der Waals surface area contributed by atoms with Crippen molar-refractivity contribution in [2.75, 3.05) is 13.7 Å². The molecular weight excluding hydrogens is 322 g/mol. The van der Waals surface area contributed by atoms with Gasteiger partial charge in [-0.3, -0.25) is 9.59 Å². The van der Waals surface area contributed by atoms with Crippen molar-refractivity contribution >= 4 is 24.1 Å². The van der Waals surface area contributed by atoms with Gasteiger partial charge >= 0.3 is 0 Å². The van der Waals surface area contributed by atoms with E-state index < -0.39 is 11.8 Å². The summed E-state index contributed by atoms with van der Waals surface area (Å²) in [5.41, 5.74) is 3.07. The smallest absolute Gasteiger partial charge is 0.259 e. The lowest BCUT2D eigenvalue weighted by Gasteiger charge is -2.03. The van der Waals surface area contributed by atoms with E-state index >= 15 is 0 Å². The Bertz CT molecular complexity index is 793. The van der Waals surface area contributed by atoms with Crippen LogP contribution in [0.15, 0.2) is 52.0 Å². The average Bonchev–Trinajstić information content (AvgIpc) is 3.03. The van der Waals surface area contributed by atoms with Gasteiger partial charge in [0.1, 0.15) is 17.3 Å². The van der Waals surface area contributed by atoms with Gasteiger partial charge in [-0.15, -0.1) is 0 Å². The predicted octanol–water partition coefficient (Wildman–Crippen LogP) is 1.88. The summed E-state index contributed by atoms with van der Waals surface area (Å²) in [6.45, 7) is 1.62. The minimum absolute atomic E-state index is 0.191. The molecule has 1 heterocycles. The zero-order valence-electron chi connectivity index (χ0n) is 14.0. The van der Waals surface area contributed by atoms with Gasteiger partial charge in [-0.2, -0.15) is 5.10 Å². The van der Waals surface area contributed by atoms with Gasteiger partial charge in [-0.05, 0) is 31.2 Å². The molecule has 0 spiro atoms. The molecule has 0 aliphatic carbocycles. The number of nitrogens with zero attached hydrogens (tertiary/aromatic N) is 1. The zero-order chi connectivity index (χ0) is 18.1. The standard InChI is InChI=1S/C18H19N3O4/c1-13-7-9-15(25-13)11-20-21-18(23)12-19-17(22)10-8-14-5-3-4-6-16(14)24-2/h3-11H,12H2,1-2H3,(H,19,22)(H,21,23)/b10-8+,20-11-. The van der Waals surface area contributed by atoms with Crippen molar-refractivity contribution in [2.24, 2.45) is 5.10 Å². The number of ether oxygens (including phenoxy) is 1. The highest BCUT2D eigenvalue weighted by Crippen LogP contribution is 2.18. The van der Waals surface area contributed by atoms with Crippen LogP contribution in [-0.4, -0.2) is 31.7 Å². The van der Waals surface area contributed by atoms with E-state index in [0.29, 0.717) is 11.5 Å². The maximum atomic E-state index is 11.7. The number of hydrazone groups is 1. The van der Waals surface area contributed by atoms with Gasteiger partial charge in [0.25, 0.3) is 5.91 Å². The van der Waals surface area contributed by atoms with Crippen LogP contribution in [0.25, 0.3) is 6.08 Å². The van der Waals surface area contributed by atoms with Crippen molar-refractivity contribution in [1.82, 2.24) is 10.7 Å². The highest BCUT2D eigenvalue weighted by atomic mass is 16.5. The van der Waals surface area contributed by atoms with Crippen molar-refractivity contribution in [3.05, 3.63) is 59.6 Å². The lowest BCUT2D eigenvalue weighted by Crippen LogP contribution is -2.34. The molecule has 25 heavy (non-hydrogen) atoms. The van der Waals surface area contributed by atoms with Gasteiger partial charge in [0.05, 0.1) is 19.9 Å². The number of rotatable bonds is 7. The van der Waals surface area contributed by atoms with Crippen molar-refractivity contribution in [3.8, 4) is 5.75 Å². The molecule has 2 rings (SSSR count). The molecule has 7 heteroatoms. The van der Waals surface area contributed by atoms with Crippen LogP contribution in [-0.2, 0) is 9.59 Å². The molecular formula is C18H19N3O4. The van der Waals surface area contributed by atoms with Crippen molar-refractivity contribution in [2.45, 2.75) is 6.92 Å². The summed E-state index contributed by atoms with van der Waals surface area (Å²) in [6, 6.07) is 10.8. The van der Waals surface area contributed by atoms with Crippen LogP contribution < -0.4 is 15.5 Å². The van der Waals surface area contributed by atoms with E-state index in [1.165, 1.54) is 12.3 Å². The monoisotopic (exact) mass is 341 g/mol. The topological polar surface area (TPSA) is 92.9 Å². The van der Waals surface area contributed by atoms with Crippen LogP contribution in [0.1, 0.15) is 17.1 Å². The van der Waals surface area contributed by atoms with Gasteiger partial charge in [-0.25, -0.2) is 5.43 Å². The number of hydrogen-bond donors (Lipinski definition) is 2. The molecule has 0 aliphatic heterocycles. The Morgan fingerprint density at radius 3 is 2.76 bits per heavy atom. The van der Waals surface area contributed by atoms with Gasteiger partial charge in [0.15, 0.2) is 0 Å². The molecule has 1 aromatic heterocycles. The first-order valence-corrected chi connectivity index (χ1v) is 7.56. The van der Waals surface area contributed by atoms with Crippen LogP contribution >= 0.6 is 0 Å². The fourth-order valence-electron chi connectivity index (χ4n) is 1.93. The zero-order valence-corrected chi connectivity index (χ0v) is 14.0. The molecule has 0 fully saturated rings. The van der Waals surface area contributed by atoms with Gasteiger partial charge in [-0.1, -0.05) is 18.2 Å². The number of hydrogen-bond acceptors (Lipinski definition) is 5. The summed E-state index contributed by atoms with van der Waals surface area (Å²) < 4.78 is 10.5. The molecule has 2 N–H and O–H groups in total. The molecule has 0 bridgehead atoms. The van der Waals surface area contributed by atoms with Gasteiger partial charge in [0, 0.05) is 11.6 Å². The first-order valence-electron chi connectivity index (χ1n) is 7.56. The number of amides is 2. The number of benzene rings is 1. The number of carbonyl (C=O) groups is 2. The fraction of sp³-hybridized carbons (Fsp3) is 0.167. The number of nitrogens with one attached hydrogen (secondary N) is 2. The molecule has 0 atom stereocenters. The highest BCUT2D eigenvalue weighted by Gasteiger charge is 2.03. The summed E-state index contributed by atoms with van der Waals surface area (Å²) >= 11 is 0. The summed E-state index contributed by atoms with van der Waals surface area (Å²) in [7, 11) is 1.56.